The maximum absolute atomic E-state index is 14.0. The number of aliphatic hydroxyl groups excluding tert-OH is 3. The number of halogens is 1. The number of carbonyl (C=O) groups excluding carboxylic acids is 2. The molecule has 172 valence electrons. The van der Waals surface area contributed by atoms with E-state index in [4.69, 9.17) is 4.74 Å². The maximum atomic E-state index is 14.0. The third-order valence-electron chi connectivity index (χ3n) is 4.58. The molecule has 0 aromatic heterocycles. The number of carbonyl (C=O) groups is 2. The zero-order chi connectivity index (χ0) is 23.3. The molecule has 0 spiro atoms. The van der Waals surface area contributed by atoms with Crippen molar-refractivity contribution in [2.45, 2.75) is 56.1 Å². The van der Waals surface area contributed by atoms with E-state index in [-0.39, 0.29) is 16.9 Å². The minimum atomic E-state index is -1.76. The molecule has 0 aliphatic carbocycles. The van der Waals surface area contributed by atoms with Crippen molar-refractivity contribution >= 4 is 29.3 Å². The van der Waals surface area contributed by atoms with E-state index in [1.54, 1.807) is 12.1 Å². The fraction of sp³-hybridized carbons (Fsp3) is 0.524. The number of ether oxygens (including phenoxy) is 1. The zero-order valence-corrected chi connectivity index (χ0v) is 18.6. The Morgan fingerprint density at radius 3 is 2.61 bits per heavy atom. The van der Waals surface area contributed by atoms with Gasteiger partial charge in [0, 0.05) is 17.8 Å². The number of fused-ring (bicyclic) bond motifs is 1. The third-order valence-corrected chi connectivity index (χ3v) is 5.73. The summed E-state index contributed by atoms with van der Waals surface area (Å²) in [6.07, 6.45) is -3.45. The topological polar surface area (TPSA) is 128 Å². The fourth-order valence-electron chi connectivity index (χ4n) is 2.85. The SMILES string of the molecule is CO[C@@H](C(=O)N[C@H]1CSc2cccc(F)c2NC1=O)[C@H](O)[C@@H](O)[C@H](O)/C=C/C(C)(C)C. The van der Waals surface area contributed by atoms with E-state index in [2.05, 4.69) is 10.6 Å². The fourth-order valence-corrected chi connectivity index (χ4v) is 3.90. The van der Waals surface area contributed by atoms with E-state index < -0.39 is 48.1 Å². The summed E-state index contributed by atoms with van der Waals surface area (Å²) in [5.41, 5.74) is -0.215. The second kappa shape index (κ2) is 10.6. The number of thioether (sulfide) groups is 1. The van der Waals surface area contributed by atoms with Crippen LogP contribution >= 0.6 is 11.8 Å². The van der Waals surface area contributed by atoms with Crippen LogP contribution in [0.25, 0.3) is 0 Å². The summed E-state index contributed by atoms with van der Waals surface area (Å²) in [7, 11) is 1.16. The maximum Gasteiger partial charge on any atom is 0.252 e. The first-order valence-corrected chi connectivity index (χ1v) is 10.7. The van der Waals surface area contributed by atoms with Gasteiger partial charge in [-0.2, -0.15) is 0 Å². The number of nitrogens with one attached hydrogen (secondary N) is 2. The third kappa shape index (κ3) is 6.75. The largest absolute Gasteiger partial charge is 0.387 e. The summed E-state index contributed by atoms with van der Waals surface area (Å²) < 4.78 is 19.0. The molecule has 0 saturated heterocycles. The van der Waals surface area contributed by atoms with Crippen LogP contribution in [0.4, 0.5) is 10.1 Å². The van der Waals surface area contributed by atoms with Crippen molar-refractivity contribution in [2.24, 2.45) is 5.41 Å². The molecule has 5 atom stereocenters. The minimum absolute atomic E-state index is 0.0433. The summed E-state index contributed by atoms with van der Waals surface area (Å²) >= 11 is 1.19. The number of methoxy groups -OCH3 is 1. The van der Waals surface area contributed by atoms with Gasteiger partial charge in [0.15, 0.2) is 6.10 Å². The Bertz CT molecular complexity index is 829. The van der Waals surface area contributed by atoms with Crippen molar-refractivity contribution < 1.29 is 34.0 Å². The molecule has 1 heterocycles. The highest BCUT2D eigenvalue weighted by Crippen LogP contribution is 2.32. The molecule has 0 saturated carbocycles. The molecule has 1 aromatic rings. The lowest BCUT2D eigenvalue weighted by Gasteiger charge is -2.28. The van der Waals surface area contributed by atoms with Crippen molar-refractivity contribution in [3.8, 4) is 0 Å². The number of amides is 2. The monoisotopic (exact) mass is 456 g/mol. The van der Waals surface area contributed by atoms with Crippen LogP contribution in [-0.2, 0) is 14.3 Å². The Labute approximate surface area is 184 Å². The highest BCUT2D eigenvalue weighted by molar-refractivity contribution is 7.99. The molecule has 0 fully saturated rings. The van der Waals surface area contributed by atoms with Crippen LogP contribution in [0.15, 0.2) is 35.2 Å². The van der Waals surface area contributed by atoms with Gasteiger partial charge in [-0.25, -0.2) is 4.39 Å². The lowest BCUT2D eigenvalue weighted by molar-refractivity contribution is -0.150. The van der Waals surface area contributed by atoms with Gasteiger partial charge in [0.2, 0.25) is 5.91 Å². The normalized spacial score (nSPS) is 20.9. The Kier molecular flexibility index (Phi) is 8.61. The first-order valence-electron chi connectivity index (χ1n) is 9.73. The van der Waals surface area contributed by atoms with Crippen LogP contribution < -0.4 is 10.6 Å². The summed E-state index contributed by atoms with van der Waals surface area (Å²) in [6, 6.07) is 3.36. The van der Waals surface area contributed by atoms with Gasteiger partial charge in [-0.3, -0.25) is 9.59 Å². The van der Waals surface area contributed by atoms with Gasteiger partial charge in [-0.1, -0.05) is 39.0 Å². The van der Waals surface area contributed by atoms with E-state index in [1.807, 2.05) is 20.8 Å². The summed E-state index contributed by atoms with van der Waals surface area (Å²) in [4.78, 5) is 25.6. The molecule has 5 N–H and O–H groups in total. The number of benzene rings is 1. The van der Waals surface area contributed by atoms with Crippen molar-refractivity contribution in [3.63, 3.8) is 0 Å². The van der Waals surface area contributed by atoms with Gasteiger partial charge in [0.05, 0.1) is 5.69 Å². The van der Waals surface area contributed by atoms with Gasteiger partial charge >= 0.3 is 0 Å². The van der Waals surface area contributed by atoms with Crippen LogP contribution in [0.2, 0.25) is 0 Å². The van der Waals surface area contributed by atoms with Crippen LogP contribution in [0, 0.1) is 11.2 Å². The average Bonchev–Trinajstić information content (AvgIpc) is 2.85. The summed E-state index contributed by atoms with van der Waals surface area (Å²) in [6.45, 7) is 5.68. The van der Waals surface area contributed by atoms with Crippen LogP contribution in [0.1, 0.15) is 20.8 Å². The average molecular weight is 457 g/mol. The molecule has 0 unspecified atom stereocenters. The van der Waals surface area contributed by atoms with Crippen LogP contribution in [0.3, 0.4) is 0 Å². The lowest BCUT2D eigenvalue weighted by Crippen LogP contribution is -2.55. The number of hydrogen-bond acceptors (Lipinski definition) is 7. The number of para-hydroxylation sites is 1. The molecular formula is C21H29FN2O6S. The second-order valence-corrected chi connectivity index (χ2v) is 9.39. The molecule has 1 aliphatic heterocycles. The van der Waals surface area contributed by atoms with Crippen molar-refractivity contribution in [2.75, 3.05) is 18.2 Å². The van der Waals surface area contributed by atoms with E-state index in [0.29, 0.717) is 4.90 Å². The number of hydrogen-bond donors (Lipinski definition) is 5. The molecule has 0 radical (unpaired) electrons. The Morgan fingerprint density at radius 1 is 1.32 bits per heavy atom. The molecule has 10 heteroatoms. The molecule has 0 bridgehead atoms. The van der Waals surface area contributed by atoms with E-state index in [9.17, 15) is 29.3 Å². The number of anilines is 1. The lowest BCUT2D eigenvalue weighted by atomic mass is 9.94. The minimum Gasteiger partial charge on any atom is -0.387 e. The van der Waals surface area contributed by atoms with Crippen LogP contribution in [0.5, 0.6) is 0 Å². The summed E-state index contributed by atoms with van der Waals surface area (Å²) in [5.74, 6) is -1.94. The van der Waals surface area contributed by atoms with Gasteiger partial charge in [0.25, 0.3) is 5.91 Å². The summed E-state index contributed by atoms with van der Waals surface area (Å²) in [5, 5.41) is 35.7. The van der Waals surface area contributed by atoms with E-state index in [0.717, 1.165) is 7.11 Å². The van der Waals surface area contributed by atoms with Gasteiger partial charge in [-0.05, 0) is 17.5 Å². The predicted octanol–water partition coefficient (Wildman–Crippen LogP) is 1.05. The standard InChI is InChI=1S/C21H29FN2O6S/c1-21(2,3)9-8-13(25)16(26)17(27)18(30-4)20(29)23-12-10-31-14-7-5-6-11(22)15(14)24-19(12)28/h5-9,12-13,16-18,25-27H,10H2,1-4H3,(H,23,29)(H,24,28)/b9-8+/t12-,13+,16-,17+,18+/m0/s1. The molecule has 1 aliphatic rings. The van der Waals surface area contributed by atoms with Crippen LogP contribution in [-0.4, -0.2) is 70.5 Å². The highest BCUT2D eigenvalue weighted by atomic mass is 32.2. The molecular weight excluding hydrogens is 427 g/mol. The number of allylic oxidation sites excluding steroid dienone is 1. The molecule has 2 amide bonds. The van der Waals surface area contributed by atoms with E-state index >= 15 is 0 Å². The first kappa shape index (κ1) is 25.3. The smallest absolute Gasteiger partial charge is 0.252 e. The molecule has 2 rings (SSSR count). The van der Waals surface area contributed by atoms with Crippen molar-refractivity contribution in [3.05, 3.63) is 36.2 Å². The molecule has 1 aromatic carbocycles. The zero-order valence-electron chi connectivity index (χ0n) is 17.8. The Balaban J connectivity index is 2.06. The van der Waals surface area contributed by atoms with E-state index in [1.165, 1.54) is 30.0 Å². The van der Waals surface area contributed by atoms with Crippen molar-refractivity contribution in [1.29, 1.82) is 0 Å². The Hall–Kier alpha value is -1.98. The highest BCUT2D eigenvalue weighted by Gasteiger charge is 2.37. The predicted molar refractivity (Wildman–Crippen MR) is 115 cm³/mol. The van der Waals surface area contributed by atoms with Gasteiger partial charge < -0.3 is 30.7 Å². The quantitative estimate of drug-likeness (QED) is 0.388. The second-order valence-electron chi connectivity index (χ2n) is 8.33. The molecule has 8 nitrogen and oxygen atoms in total. The van der Waals surface area contributed by atoms with Gasteiger partial charge in [0.1, 0.15) is 30.2 Å². The number of rotatable bonds is 7. The number of aliphatic hydroxyl groups is 3. The Morgan fingerprint density at radius 2 is 2.00 bits per heavy atom. The van der Waals surface area contributed by atoms with Gasteiger partial charge in [-0.15, -0.1) is 11.8 Å². The molecule has 31 heavy (non-hydrogen) atoms. The van der Waals surface area contributed by atoms with Crippen molar-refractivity contribution in [1.82, 2.24) is 5.32 Å². The first-order chi connectivity index (χ1) is 14.4.